The summed E-state index contributed by atoms with van der Waals surface area (Å²) in [7, 11) is -1.89. The minimum Gasteiger partial charge on any atom is -0.463 e. The van der Waals surface area contributed by atoms with Crippen LogP contribution in [0.5, 0.6) is 0 Å². The van der Waals surface area contributed by atoms with Crippen molar-refractivity contribution in [1.82, 2.24) is 0 Å². The van der Waals surface area contributed by atoms with Crippen molar-refractivity contribution in [3.63, 3.8) is 0 Å². The molecule has 1 N–H and O–H groups in total. The molecular weight excluding hydrogens is 260 g/mol. The van der Waals surface area contributed by atoms with Crippen molar-refractivity contribution in [2.75, 3.05) is 6.61 Å². The molecule has 0 aromatic carbocycles. The topological polar surface area (TPSA) is 63.6 Å². The van der Waals surface area contributed by atoms with E-state index >= 15 is 0 Å². The lowest BCUT2D eigenvalue weighted by molar-refractivity contribution is -0.138. The summed E-state index contributed by atoms with van der Waals surface area (Å²) in [4.78, 5) is 24.0. The molecule has 1 saturated carbocycles. The summed E-state index contributed by atoms with van der Waals surface area (Å²) in [5.74, 6) is -0.693. The summed E-state index contributed by atoms with van der Waals surface area (Å²) in [6, 6.07) is 0. The zero-order valence-corrected chi connectivity index (χ0v) is 13.1. The van der Waals surface area contributed by atoms with Crippen LogP contribution in [-0.2, 0) is 14.3 Å². The summed E-state index contributed by atoms with van der Waals surface area (Å²) in [6.07, 6.45) is 1.23. The van der Waals surface area contributed by atoms with Gasteiger partial charge in [-0.15, -0.1) is 0 Å². The maximum absolute atomic E-state index is 12.1. The molecule has 0 aliphatic heterocycles. The van der Waals surface area contributed by atoms with Crippen molar-refractivity contribution in [3.8, 4) is 0 Å². The van der Waals surface area contributed by atoms with E-state index in [0.717, 1.165) is 5.20 Å². The van der Waals surface area contributed by atoms with Crippen LogP contribution in [0, 0.1) is 5.92 Å². The SMILES string of the molecule is CCOC(=O)C1=C([Si](C)(C)C)[C@]2(O)CCC(=O)[C@@H]2C1. The maximum atomic E-state index is 12.1. The molecule has 0 aromatic rings. The first-order valence-electron chi connectivity index (χ1n) is 6.88. The van der Waals surface area contributed by atoms with Crippen LogP contribution in [0.3, 0.4) is 0 Å². The van der Waals surface area contributed by atoms with Crippen LogP contribution >= 0.6 is 0 Å². The van der Waals surface area contributed by atoms with Crippen molar-refractivity contribution >= 4 is 19.8 Å². The molecule has 2 aliphatic carbocycles. The Kier molecular flexibility index (Phi) is 3.47. The fourth-order valence-corrected chi connectivity index (χ4v) is 6.29. The summed E-state index contributed by atoms with van der Waals surface area (Å²) in [5.41, 5.74) is -0.509. The number of carbonyl (C=O) groups excluding carboxylic acids is 2. The number of hydrogen-bond donors (Lipinski definition) is 1. The molecular formula is C14H22O4Si. The smallest absolute Gasteiger partial charge is 0.333 e. The molecule has 0 unspecified atom stereocenters. The van der Waals surface area contributed by atoms with Crippen molar-refractivity contribution in [3.05, 3.63) is 10.8 Å². The van der Waals surface area contributed by atoms with Crippen LogP contribution < -0.4 is 0 Å². The maximum Gasteiger partial charge on any atom is 0.333 e. The lowest BCUT2D eigenvalue weighted by Gasteiger charge is -2.33. The Hall–Kier alpha value is -0.943. The second-order valence-electron chi connectivity index (χ2n) is 6.47. The predicted molar refractivity (Wildman–Crippen MR) is 74.3 cm³/mol. The van der Waals surface area contributed by atoms with Gasteiger partial charge in [0.05, 0.1) is 26.2 Å². The highest BCUT2D eigenvalue weighted by molar-refractivity contribution is 6.84. The van der Waals surface area contributed by atoms with Gasteiger partial charge in [0, 0.05) is 12.0 Å². The van der Waals surface area contributed by atoms with Gasteiger partial charge < -0.3 is 9.84 Å². The molecule has 4 nitrogen and oxygen atoms in total. The van der Waals surface area contributed by atoms with E-state index in [4.69, 9.17) is 4.74 Å². The second-order valence-corrected chi connectivity index (χ2v) is 11.5. The Balaban J connectivity index is 2.50. The monoisotopic (exact) mass is 282 g/mol. The molecule has 106 valence electrons. The first-order valence-corrected chi connectivity index (χ1v) is 10.4. The van der Waals surface area contributed by atoms with Crippen molar-refractivity contribution < 1.29 is 19.4 Å². The van der Waals surface area contributed by atoms with E-state index < -0.39 is 19.6 Å². The lowest BCUT2D eigenvalue weighted by atomic mass is 9.94. The molecule has 0 heterocycles. The Labute approximate surface area is 114 Å². The number of hydrogen-bond acceptors (Lipinski definition) is 4. The average Bonchev–Trinajstić information content (AvgIpc) is 2.73. The first kappa shape index (κ1) is 14.5. The molecule has 2 aliphatic rings. The fourth-order valence-electron chi connectivity index (χ4n) is 3.58. The van der Waals surface area contributed by atoms with Gasteiger partial charge in [-0.25, -0.2) is 4.79 Å². The third-order valence-electron chi connectivity index (χ3n) is 4.13. The third-order valence-corrected chi connectivity index (χ3v) is 6.37. The van der Waals surface area contributed by atoms with Crippen LogP contribution in [0.1, 0.15) is 26.2 Å². The Morgan fingerprint density at radius 3 is 2.63 bits per heavy atom. The highest BCUT2D eigenvalue weighted by Crippen LogP contribution is 2.52. The minimum absolute atomic E-state index is 0.0811. The van der Waals surface area contributed by atoms with Crippen LogP contribution in [0.4, 0.5) is 0 Å². The summed E-state index contributed by atoms with van der Waals surface area (Å²) < 4.78 is 5.10. The van der Waals surface area contributed by atoms with Gasteiger partial charge in [0.15, 0.2) is 0 Å². The highest BCUT2D eigenvalue weighted by Gasteiger charge is 2.58. The number of esters is 1. The van der Waals surface area contributed by atoms with E-state index in [-0.39, 0.29) is 11.8 Å². The highest BCUT2D eigenvalue weighted by atomic mass is 28.3. The molecule has 0 spiro atoms. The van der Waals surface area contributed by atoms with Crippen molar-refractivity contribution in [1.29, 1.82) is 0 Å². The molecule has 5 heteroatoms. The molecule has 1 fully saturated rings. The van der Waals surface area contributed by atoms with Gasteiger partial charge in [-0.2, -0.15) is 0 Å². The van der Waals surface area contributed by atoms with E-state index in [1.165, 1.54) is 0 Å². The first-order chi connectivity index (χ1) is 8.71. The molecule has 2 rings (SSSR count). The number of fused-ring (bicyclic) bond motifs is 1. The fraction of sp³-hybridized carbons (Fsp3) is 0.714. The van der Waals surface area contributed by atoms with Gasteiger partial charge in [0.1, 0.15) is 5.78 Å². The normalized spacial score (nSPS) is 30.8. The number of carbonyl (C=O) groups is 2. The molecule has 0 amide bonds. The lowest BCUT2D eigenvalue weighted by Crippen LogP contribution is -2.43. The largest absolute Gasteiger partial charge is 0.463 e. The minimum atomic E-state index is -1.89. The summed E-state index contributed by atoms with van der Waals surface area (Å²) >= 11 is 0. The molecule has 19 heavy (non-hydrogen) atoms. The van der Waals surface area contributed by atoms with Gasteiger partial charge in [-0.05, 0) is 25.0 Å². The quantitative estimate of drug-likeness (QED) is 0.633. The van der Waals surface area contributed by atoms with E-state index in [2.05, 4.69) is 19.6 Å². The van der Waals surface area contributed by atoms with Gasteiger partial charge in [-0.3, -0.25) is 4.79 Å². The zero-order chi connectivity index (χ0) is 14.4. The Morgan fingerprint density at radius 2 is 2.11 bits per heavy atom. The van der Waals surface area contributed by atoms with E-state index in [0.29, 0.717) is 31.4 Å². The van der Waals surface area contributed by atoms with Crippen molar-refractivity contribution in [2.24, 2.45) is 5.92 Å². The second kappa shape index (κ2) is 4.56. The predicted octanol–water partition coefficient (Wildman–Crippen LogP) is 1.84. The molecule has 0 aromatic heterocycles. The van der Waals surface area contributed by atoms with Gasteiger partial charge >= 0.3 is 5.97 Å². The molecule has 2 atom stereocenters. The summed E-state index contributed by atoms with van der Waals surface area (Å²) in [6.45, 7) is 8.39. The molecule has 0 bridgehead atoms. The molecule has 0 radical (unpaired) electrons. The van der Waals surface area contributed by atoms with E-state index in [1.807, 2.05) is 0 Å². The Bertz CT molecular complexity index is 461. The Morgan fingerprint density at radius 1 is 1.47 bits per heavy atom. The number of ketones is 1. The number of aliphatic hydroxyl groups is 1. The van der Waals surface area contributed by atoms with Gasteiger partial charge in [0.25, 0.3) is 0 Å². The number of rotatable bonds is 3. The average molecular weight is 282 g/mol. The van der Waals surface area contributed by atoms with Gasteiger partial charge in [-0.1, -0.05) is 19.6 Å². The van der Waals surface area contributed by atoms with E-state index in [9.17, 15) is 14.7 Å². The summed E-state index contributed by atoms with van der Waals surface area (Å²) in [5, 5.41) is 11.8. The number of Topliss-reactive ketones (excluding diaryl/α,β-unsaturated/α-hetero) is 1. The van der Waals surface area contributed by atoms with Crippen LogP contribution in [-0.4, -0.2) is 37.1 Å². The molecule has 0 saturated heterocycles. The standard InChI is InChI=1S/C14H22O4Si/c1-5-18-13(16)9-8-10-11(15)6-7-14(10,17)12(9)19(2,3)4/h10,17H,5-8H2,1-4H3/t10-,14-/m0/s1. The van der Waals surface area contributed by atoms with Crippen LogP contribution in [0.2, 0.25) is 19.6 Å². The van der Waals surface area contributed by atoms with Crippen molar-refractivity contribution in [2.45, 2.75) is 51.4 Å². The third kappa shape index (κ3) is 2.19. The number of ether oxygens (including phenoxy) is 1. The van der Waals surface area contributed by atoms with E-state index in [1.54, 1.807) is 6.92 Å². The van der Waals surface area contributed by atoms with Crippen LogP contribution in [0.15, 0.2) is 10.8 Å². The van der Waals surface area contributed by atoms with Crippen LogP contribution in [0.25, 0.3) is 0 Å². The van der Waals surface area contributed by atoms with Gasteiger partial charge in [0.2, 0.25) is 0 Å². The zero-order valence-electron chi connectivity index (χ0n) is 12.1.